The van der Waals surface area contributed by atoms with E-state index in [1.165, 1.54) is 6.07 Å². The van der Waals surface area contributed by atoms with Crippen molar-refractivity contribution in [1.29, 1.82) is 5.26 Å². The van der Waals surface area contributed by atoms with Crippen LogP contribution < -0.4 is 0 Å². The first kappa shape index (κ1) is 12.4. The lowest BCUT2D eigenvalue weighted by Gasteiger charge is -2.03. The summed E-state index contributed by atoms with van der Waals surface area (Å²) in [6.45, 7) is 0. The second-order valence-corrected chi connectivity index (χ2v) is 2.77. The van der Waals surface area contributed by atoms with E-state index in [2.05, 4.69) is 4.98 Å². The highest BCUT2D eigenvalue weighted by atomic mass is 19.3. The Labute approximate surface area is 92.1 Å². The molecule has 0 saturated carbocycles. The predicted molar refractivity (Wildman–Crippen MR) is 47.5 cm³/mol. The second-order valence-electron chi connectivity index (χ2n) is 2.77. The van der Waals surface area contributed by atoms with Gasteiger partial charge in [0.25, 0.3) is 6.43 Å². The number of hydrogen-bond acceptors (Lipinski definition) is 5. The molecule has 0 bridgehead atoms. The molecule has 0 aliphatic rings. The van der Waals surface area contributed by atoms with E-state index in [-0.39, 0.29) is 0 Å². The number of carboxylic acids is 1. The Balaban J connectivity index is 3.61. The number of halogens is 2. The highest BCUT2D eigenvalue weighted by Crippen LogP contribution is 2.27. The molecule has 0 saturated heterocycles. The van der Waals surface area contributed by atoms with E-state index in [1.807, 2.05) is 0 Å². The molecular weight excluding hydrogens is 240 g/mol. The monoisotopic (exact) mass is 243 g/mol. The molecule has 1 aromatic rings. The number of rotatable bonds is 3. The molecule has 0 aliphatic heterocycles. The number of aromatic carboxylic acids is 1. The highest BCUT2D eigenvalue weighted by molar-refractivity contribution is 5.90. The van der Waals surface area contributed by atoms with Crippen LogP contribution in [0.5, 0.6) is 0 Å². The fourth-order valence-corrected chi connectivity index (χ4v) is 1.07. The number of nitriles is 1. The summed E-state index contributed by atoms with van der Waals surface area (Å²) in [5, 5.41) is 27.6. The van der Waals surface area contributed by atoms with Gasteiger partial charge in [-0.15, -0.1) is 0 Å². The van der Waals surface area contributed by atoms with Crippen LogP contribution in [0.25, 0.3) is 0 Å². The molecule has 0 amide bonds. The average Bonchev–Trinajstić information content (AvgIpc) is 2.26. The van der Waals surface area contributed by atoms with Crippen molar-refractivity contribution in [1.82, 2.24) is 4.98 Å². The van der Waals surface area contributed by atoms with E-state index in [9.17, 15) is 23.7 Å². The maximum Gasteiger partial charge on any atom is 0.361 e. The minimum Gasteiger partial charge on any atom is -0.476 e. The van der Waals surface area contributed by atoms with E-state index < -0.39 is 40.0 Å². The third kappa shape index (κ3) is 2.31. The van der Waals surface area contributed by atoms with Crippen molar-refractivity contribution in [3.05, 3.63) is 33.1 Å². The van der Waals surface area contributed by atoms with Crippen LogP contribution in [0.3, 0.4) is 0 Å². The third-order valence-corrected chi connectivity index (χ3v) is 1.77. The van der Waals surface area contributed by atoms with Crippen LogP contribution in [0, 0.1) is 21.4 Å². The fraction of sp³-hybridized carbons (Fsp3) is 0.125. The predicted octanol–water partition coefficient (Wildman–Crippen LogP) is 1.50. The molecule has 0 unspecified atom stereocenters. The van der Waals surface area contributed by atoms with Crippen LogP contribution in [0.2, 0.25) is 0 Å². The highest BCUT2D eigenvalue weighted by Gasteiger charge is 2.27. The van der Waals surface area contributed by atoms with Crippen molar-refractivity contribution in [2.45, 2.75) is 6.43 Å². The largest absolute Gasteiger partial charge is 0.476 e. The smallest absolute Gasteiger partial charge is 0.361 e. The maximum absolute atomic E-state index is 12.4. The summed E-state index contributed by atoms with van der Waals surface area (Å²) < 4.78 is 24.9. The number of alkyl halides is 2. The molecule has 1 N–H and O–H groups in total. The Hall–Kier alpha value is -2.63. The number of carboxylic acid groups (broad SMARTS) is 1. The third-order valence-electron chi connectivity index (χ3n) is 1.77. The fourth-order valence-electron chi connectivity index (χ4n) is 1.07. The van der Waals surface area contributed by atoms with Crippen molar-refractivity contribution in [2.24, 2.45) is 0 Å². The van der Waals surface area contributed by atoms with Gasteiger partial charge in [0.1, 0.15) is 6.07 Å². The van der Waals surface area contributed by atoms with Gasteiger partial charge in [0, 0.05) is 6.07 Å². The molecule has 0 aliphatic carbocycles. The molecule has 7 nitrogen and oxygen atoms in total. The Morgan fingerprint density at radius 2 is 2.24 bits per heavy atom. The molecule has 0 spiro atoms. The van der Waals surface area contributed by atoms with E-state index in [0.717, 1.165) is 0 Å². The first-order chi connectivity index (χ1) is 7.88. The lowest BCUT2D eigenvalue weighted by Crippen LogP contribution is -2.09. The Morgan fingerprint density at radius 1 is 1.65 bits per heavy atom. The van der Waals surface area contributed by atoms with Crippen molar-refractivity contribution in [2.75, 3.05) is 0 Å². The van der Waals surface area contributed by atoms with E-state index in [4.69, 9.17) is 10.4 Å². The molecule has 0 atom stereocenters. The quantitative estimate of drug-likeness (QED) is 0.634. The summed E-state index contributed by atoms with van der Waals surface area (Å²) in [4.78, 5) is 23.0. The Kier molecular flexibility index (Phi) is 3.28. The lowest BCUT2D eigenvalue weighted by molar-refractivity contribution is -0.385. The normalized spacial score (nSPS) is 10.0. The summed E-state index contributed by atoms with van der Waals surface area (Å²) in [5.41, 5.74) is -3.94. The number of pyridine rings is 1. The molecule has 1 heterocycles. The first-order valence-electron chi connectivity index (χ1n) is 3.99. The second kappa shape index (κ2) is 4.48. The van der Waals surface area contributed by atoms with Gasteiger partial charge >= 0.3 is 11.7 Å². The topological polar surface area (TPSA) is 117 Å². The van der Waals surface area contributed by atoms with Crippen LogP contribution >= 0.6 is 0 Å². The minimum atomic E-state index is -3.15. The maximum atomic E-state index is 12.4. The molecule has 0 aromatic carbocycles. The van der Waals surface area contributed by atoms with E-state index in [1.54, 1.807) is 0 Å². The van der Waals surface area contributed by atoms with E-state index >= 15 is 0 Å². The van der Waals surface area contributed by atoms with Crippen molar-refractivity contribution >= 4 is 11.7 Å². The van der Waals surface area contributed by atoms with Crippen LogP contribution in [0.15, 0.2) is 6.07 Å². The number of nitrogens with zero attached hydrogens (tertiary/aromatic N) is 3. The summed E-state index contributed by atoms with van der Waals surface area (Å²) in [7, 11) is 0. The van der Waals surface area contributed by atoms with Crippen molar-refractivity contribution < 1.29 is 23.6 Å². The average molecular weight is 243 g/mol. The van der Waals surface area contributed by atoms with Gasteiger partial charge in [0.2, 0.25) is 5.69 Å². The first-order valence-corrected chi connectivity index (χ1v) is 3.99. The minimum absolute atomic E-state index is 0.347. The molecule has 9 heteroatoms. The molecule has 0 fully saturated rings. The van der Waals surface area contributed by atoms with Gasteiger partial charge < -0.3 is 5.11 Å². The van der Waals surface area contributed by atoms with Crippen LogP contribution in [-0.4, -0.2) is 21.0 Å². The molecular formula is C8H3F2N3O4. The van der Waals surface area contributed by atoms with Crippen LogP contribution in [-0.2, 0) is 0 Å². The summed E-state index contributed by atoms with van der Waals surface area (Å²) in [6.07, 6.45) is -3.15. The molecule has 88 valence electrons. The van der Waals surface area contributed by atoms with Crippen molar-refractivity contribution in [3.8, 4) is 6.07 Å². The zero-order chi connectivity index (χ0) is 13.2. The number of carbonyl (C=O) groups is 1. The standard InChI is InChI=1S/C8H3F2N3O4/c9-7(10)3-1-5(13(16)17)6(8(14)15)12-4(3)2-11/h1,7H,(H,14,15). The molecule has 1 aromatic heterocycles. The molecule has 17 heavy (non-hydrogen) atoms. The Morgan fingerprint density at radius 3 is 2.59 bits per heavy atom. The van der Waals surface area contributed by atoms with Gasteiger partial charge in [-0.1, -0.05) is 0 Å². The van der Waals surface area contributed by atoms with Crippen LogP contribution in [0.4, 0.5) is 14.5 Å². The van der Waals surface area contributed by atoms with Gasteiger partial charge in [-0.05, 0) is 0 Å². The van der Waals surface area contributed by atoms with Gasteiger partial charge in [-0.3, -0.25) is 10.1 Å². The zero-order valence-corrected chi connectivity index (χ0v) is 7.92. The number of aromatic nitrogens is 1. The summed E-state index contributed by atoms with van der Waals surface area (Å²) >= 11 is 0. The van der Waals surface area contributed by atoms with Gasteiger partial charge in [0.15, 0.2) is 5.69 Å². The van der Waals surface area contributed by atoms with Crippen LogP contribution in [0.1, 0.15) is 28.2 Å². The SMILES string of the molecule is N#Cc1nc(C(=O)O)c([N+](=O)[O-])cc1C(F)F. The van der Waals surface area contributed by atoms with E-state index in [0.29, 0.717) is 6.07 Å². The molecule has 1 rings (SSSR count). The van der Waals surface area contributed by atoms with Gasteiger partial charge in [-0.25, -0.2) is 18.6 Å². The van der Waals surface area contributed by atoms with Gasteiger partial charge in [0.05, 0.1) is 10.5 Å². The summed E-state index contributed by atoms with van der Waals surface area (Å²) in [5.74, 6) is -1.77. The number of nitro groups is 1. The van der Waals surface area contributed by atoms with Crippen molar-refractivity contribution in [3.63, 3.8) is 0 Å². The Bertz CT molecular complexity index is 538. The summed E-state index contributed by atoms with van der Waals surface area (Å²) in [6, 6.07) is 1.61. The lowest BCUT2D eigenvalue weighted by atomic mass is 10.1. The molecule has 0 radical (unpaired) electrons. The van der Waals surface area contributed by atoms with Gasteiger partial charge in [-0.2, -0.15) is 5.26 Å². The zero-order valence-electron chi connectivity index (χ0n) is 7.92. The number of hydrogen-bond donors (Lipinski definition) is 1.